The van der Waals surface area contributed by atoms with Crippen LogP contribution >= 0.6 is 0 Å². The minimum atomic E-state index is -0.0535. The van der Waals surface area contributed by atoms with Crippen molar-refractivity contribution < 1.29 is 19.1 Å². The van der Waals surface area contributed by atoms with Crippen molar-refractivity contribution in [2.24, 2.45) is 0 Å². The fraction of sp³-hybridized carbons (Fsp3) is 0.294. The van der Waals surface area contributed by atoms with Gasteiger partial charge in [0.05, 0.1) is 26.3 Å². The Balaban J connectivity index is 2.04. The van der Waals surface area contributed by atoms with Crippen molar-refractivity contribution in [3.8, 4) is 11.5 Å². The van der Waals surface area contributed by atoms with E-state index in [9.17, 15) is 9.59 Å². The van der Waals surface area contributed by atoms with Gasteiger partial charge in [0.2, 0.25) is 5.91 Å². The fourth-order valence-corrected chi connectivity index (χ4v) is 2.26. The van der Waals surface area contributed by atoms with Crippen LogP contribution in [0.2, 0.25) is 0 Å². The van der Waals surface area contributed by atoms with Crippen molar-refractivity contribution in [3.63, 3.8) is 0 Å². The molecule has 6 heteroatoms. The number of carbonyl (C=O) groups excluding carboxylic acids is 2. The molecule has 0 saturated heterocycles. The first kappa shape index (κ1) is 16.6. The number of likely N-dealkylation sites (N-methyl/N-ethyl adjacent to an activating group) is 1. The van der Waals surface area contributed by atoms with Gasteiger partial charge in [-0.3, -0.25) is 9.59 Å². The number of hydrogen-bond donors (Lipinski definition) is 1. The summed E-state index contributed by atoms with van der Waals surface area (Å²) in [5.41, 5.74) is 2.07. The Bertz CT molecular complexity index is 694. The molecule has 23 heavy (non-hydrogen) atoms. The lowest BCUT2D eigenvalue weighted by Crippen LogP contribution is -2.28. The molecule has 2 rings (SSSR count). The summed E-state index contributed by atoms with van der Waals surface area (Å²) in [5.74, 6) is 1.32. The van der Waals surface area contributed by atoms with Crippen LogP contribution in [0.1, 0.15) is 21.7 Å². The van der Waals surface area contributed by atoms with Gasteiger partial charge in [0.1, 0.15) is 11.5 Å². The maximum Gasteiger partial charge on any atom is 0.228 e. The van der Waals surface area contributed by atoms with Crippen LogP contribution in [0.5, 0.6) is 11.5 Å². The zero-order valence-electron chi connectivity index (χ0n) is 13.5. The van der Waals surface area contributed by atoms with Crippen molar-refractivity contribution in [1.82, 2.24) is 9.88 Å². The summed E-state index contributed by atoms with van der Waals surface area (Å²) >= 11 is 0. The number of aldehydes is 1. The monoisotopic (exact) mass is 316 g/mol. The van der Waals surface area contributed by atoms with Crippen LogP contribution in [0.15, 0.2) is 30.3 Å². The number of aromatic nitrogens is 1. The van der Waals surface area contributed by atoms with Crippen molar-refractivity contribution in [2.45, 2.75) is 13.0 Å². The zero-order valence-corrected chi connectivity index (χ0v) is 13.5. The first-order valence-electron chi connectivity index (χ1n) is 7.15. The summed E-state index contributed by atoms with van der Waals surface area (Å²) in [6.45, 7) is 0.424. The third-order valence-corrected chi connectivity index (χ3v) is 3.57. The molecule has 0 radical (unpaired) electrons. The average Bonchev–Trinajstić information content (AvgIpc) is 3.02. The molecule has 0 aliphatic rings. The lowest BCUT2D eigenvalue weighted by molar-refractivity contribution is -0.129. The van der Waals surface area contributed by atoms with E-state index in [1.54, 1.807) is 44.4 Å². The third-order valence-electron chi connectivity index (χ3n) is 3.57. The van der Waals surface area contributed by atoms with Gasteiger partial charge in [0.25, 0.3) is 0 Å². The molecule has 0 aliphatic heterocycles. The number of benzene rings is 1. The number of H-pyrrole nitrogens is 1. The predicted octanol–water partition coefficient (Wildman–Crippen LogP) is 2.05. The fourth-order valence-electron chi connectivity index (χ4n) is 2.26. The molecule has 1 N–H and O–H groups in total. The molecule has 122 valence electrons. The van der Waals surface area contributed by atoms with Crippen molar-refractivity contribution in [3.05, 3.63) is 47.3 Å². The molecule has 1 amide bonds. The van der Waals surface area contributed by atoms with E-state index in [-0.39, 0.29) is 12.3 Å². The van der Waals surface area contributed by atoms with Gasteiger partial charge in [0, 0.05) is 30.9 Å². The summed E-state index contributed by atoms with van der Waals surface area (Å²) in [6, 6.07) is 8.89. The minimum Gasteiger partial charge on any atom is -0.497 e. The van der Waals surface area contributed by atoms with E-state index in [1.165, 1.54) is 0 Å². The Morgan fingerprint density at radius 2 is 2.00 bits per heavy atom. The molecule has 1 aromatic carbocycles. The number of nitrogens with one attached hydrogen (secondary N) is 1. The Morgan fingerprint density at radius 3 is 2.61 bits per heavy atom. The number of aromatic amines is 1. The molecular weight excluding hydrogens is 296 g/mol. The maximum absolute atomic E-state index is 12.3. The highest BCUT2D eigenvalue weighted by atomic mass is 16.5. The van der Waals surface area contributed by atoms with E-state index in [4.69, 9.17) is 9.47 Å². The van der Waals surface area contributed by atoms with E-state index in [1.807, 2.05) is 12.1 Å². The Labute approximate surface area is 135 Å². The molecule has 0 atom stereocenters. The Kier molecular flexibility index (Phi) is 5.41. The molecule has 2 aromatic rings. The normalized spacial score (nSPS) is 10.2. The van der Waals surface area contributed by atoms with Crippen molar-refractivity contribution in [1.29, 1.82) is 0 Å². The van der Waals surface area contributed by atoms with E-state index >= 15 is 0 Å². The van der Waals surface area contributed by atoms with Gasteiger partial charge >= 0.3 is 0 Å². The number of carbonyl (C=O) groups is 2. The highest BCUT2D eigenvalue weighted by Gasteiger charge is 2.14. The van der Waals surface area contributed by atoms with Crippen LogP contribution in [0.3, 0.4) is 0 Å². The summed E-state index contributed by atoms with van der Waals surface area (Å²) in [5, 5.41) is 0. The molecule has 0 saturated carbocycles. The quantitative estimate of drug-likeness (QED) is 0.794. The van der Waals surface area contributed by atoms with Crippen LogP contribution in [0.4, 0.5) is 0 Å². The highest BCUT2D eigenvalue weighted by Crippen LogP contribution is 2.25. The number of hydrogen-bond acceptors (Lipinski definition) is 4. The molecule has 6 nitrogen and oxygen atoms in total. The number of rotatable bonds is 7. The van der Waals surface area contributed by atoms with Crippen LogP contribution in [-0.4, -0.2) is 43.3 Å². The molecule has 0 bridgehead atoms. The molecule has 0 fully saturated rings. The largest absolute Gasteiger partial charge is 0.497 e. The Morgan fingerprint density at radius 1 is 1.22 bits per heavy atom. The average molecular weight is 316 g/mol. The summed E-state index contributed by atoms with van der Waals surface area (Å²) in [6.07, 6.45) is 0.933. The lowest BCUT2D eigenvalue weighted by Gasteiger charge is -2.19. The number of ether oxygens (including phenoxy) is 2. The number of methoxy groups -OCH3 is 2. The van der Waals surface area contributed by atoms with E-state index in [2.05, 4.69) is 4.98 Å². The Hall–Kier alpha value is -2.76. The second kappa shape index (κ2) is 7.49. The van der Waals surface area contributed by atoms with Gasteiger partial charge in [-0.15, -0.1) is 0 Å². The predicted molar refractivity (Wildman–Crippen MR) is 85.9 cm³/mol. The molecule has 1 heterocycles. The molecule has 0 aliphatic carbocycles. The smallest absolute Gasteiger partial charge is 0.228 e. The van der Waals surface area contributed by atoms with Crippen molar-refractivity contribution >= 4 is 12.2 Å². The maximum atomic E-state index is 12.3. The molecule has 1 aromatic heterocycles. The molecule has 0 unspecified atom stereocenters. The number of amides is 1. The zero-order chi connectivity index (χ0) is 16.8. The highest BCUT2D eigenvalue weighted by molar-refractivity contribution is 5.79. The van der Waals surface area contributed by atoms with Crippen molar-refractivity contribution in [2.75, 3.05) is 21.3 Å². The number of nitrogens with zero attached hydrogens (tertiary/aromatic N) is 1. The van der Waals surface area contributed by atoms with Gasteiger partial charge in [-0.25, -0.2) is 0 Å². The summed E-state index contributed by atoms with van der Waals surface area (Å²) < 4.78 is 10.5. The lowest BCUT2D eigenvalue weighted by atomic mass is 10.1. The van der Waals surface area contributed by atoms with Gasteiger partial charge in [-0.05, 0) is 24.3 Å². The van der Waals surface area contributed by atoms with Crippen LogP contribution < -0.4 is 9.47 Å². The van der Waals surface area contributed by atoms with Crippen LogP contribution in [0, 0.1) is 0 Å². The van der Waals surface area contributed by atoms with Crippen LogP contribution in [0.25, 0.3) is 0 Å². The van der Waals surface area contributed by atoms with Gasteiger partial charge in [0.15, 0.2) is 6.29 Å². The third kappa shape index (κ3) is 4.12. The minimum absolute atomic E-state index is 0.0535. The molecule has 0 spiro atoms. The van der Waals surface area contributed by atoms with E-state index < -0.39 is 0 Å². The molecular formula is C17H20N2O4. The second-order valence-corrected chi connectivity index (χ2v) is 5.16. The summed E-state index contributed by atoms with van der Waals surface area (Å²) in [4.78, 5) is 27.5. The first-order chi connectivity index (χ1) is 11.1. The van der Waals surface area contributed by atoms with Crippen LogP contribution in [-0.2, 0) is 17.8 Å². The summed E-state index contributed by atoms with van der Waals surface area (Å²) in [7, 11) is 4.91. The first-order valence-corrected chi connectivity index (χ1v) is 7.15. The van der Waals surface area contributed by atoms with E-state index in [0.29, 0.717) is 29.4 Å². The van der Waals surface area contributed by atoms with Gasteiger partial charge in [-0.1, -0.05) is 0 Å². The van der Waals surface area contributed by atoms with Gasteiger partial charge in [-0.2, -0.15) is 0 Å². The van der Waals surface area contributed by atoms with E-state index in [0.717, 1.165) is 11.8 Å². The topological polar surface area (TPSA) is 71.6 Å². The second-order valence-electron chi connectivity index (χ2n) is 5.16. The SMILES string of the molecule is COc1ccc(CN(C)C(=O)Cc2ccc(C=O)[nH]2)c(OC)c1. The van der Waals surface area contributed by atoms with Gasteiger partial charge < -0.3 is 19.4 Å². The standard InChI is InChI=1S/C17H20N2O4/c1-19(17(21)8-13-5-6-14(11-20)18-13)10-12-4-7-15(22-2)9-16(12)23-3/h4-7,9,11,18H,8,10H2,1-3H3.